The molecule has 0 saturated carbocycles. The summed E-state index contributed by atoms with van der Waals surface area (Å²) >= 11 is 7.04. The Kier molecular flexibility index (Phi) is 4.90. The van der Waals surface area contributed by atoms with Gasteiger partial charge in [-0.3, -0.25) is 4.79 Å². The Morgan fingerprint density at radius 3 is 2.61 bits per heavy atom. The van der Waals surface area contributed by atoms with Crippen LogP contribution >= 0.6 is 23.1 Å². The predicted molar refractivity (Wildman–Crippen MR) is 93.1 cm³/mol. The molecule has 116 valence electrons. The maximum Gasteiger partial charge on any atom is 0.262 e. The van der Waals surface area contributed by atoms with Gasteiger partial charge in [-0.1, -0.05) is 41.9 Å². The molecule has 1 aromatic heterocycles. The number of ether oxygens (including phenoxy) is 1. The van der Waals surface area contributed by atoms with E-state index in [0.717, 1.165) is 11.3 Å². The van der Waals surface area contributed by atoms with Gasteiger partial charge in [0, 0.05) is 16.7 Å². The number of halogens is 1. The minimum absolute atomic E-state index is 0.0692. The van der Waals surface area contributed by atoms with Crippen molar-refractivity contribution in [1.82, 2.24) is 4.37 Å². The maximum atomic E-state index is 11.9. The Bertz CT molecular complexity index is 788. The number of hydrogen-bond donors (Lipinski definition) is 1. The molecule has 4 nitrogen and oxygen atoms in total. The van der Waals surface area contributed by atoms with E-state index < -0.39 is 0 Å². The minimum Gasteiger partial charge on any atom is -0.484 e. The molecule has 0 aliphatic heterocycles. The molecule has 1 amide bonds. The van der Waals surface area contributed by atoms with Crippen molar-refractivity contribution in [2.24, 2.45) is 0 Å². The third kappa shape index (κ3) is 4.31. The molecule has 0 atom stereocenters. The molecular weight excluding hydrogens is 332 g/mol. The van der Waals surface area contributed by atoms with Crippen molar-refractivity contribution in [2.75, 3.05) is 11.9 Å². The predicted octanol–water partition coefficient (Wildman–Crippen LogP) is 4.48. The van der Waals surface area contributed by atoms with Crippen LogP contribution in [0.2, 0.25) is 5.02 Å². The molecule has 2 aromatic carbocycles. The van der Waals surface area contributed by atoms with Gasteiger partial charge in [0.1, 0.15) is 10.8 Å². The van der Waals surface area contributed by atoms with Gasteiger partial charge in [-0.25, -0.2) is 0 Å². The summed E-state index contributed by atoms with van der Waals surface area (Å²) < 4.78 is 9.74. The normalized spacial score (nSPS) is 10.3. The van der Waals surface area contributed by atoms with Crippen LogP contribution in [0.4, 0.5) is 5.00 Å². The quantitative estimate of drug-likeness (QED) is 0.742. The van der Waals surface area contributed by atoms with E-state index in [1.807, 2.05) is 36.4 Å². The highest BCUT2D eigenvalue weighted by Crippen LogP contribution is 2.25. The summed E-state index contributed by atoms with van der Waals surface area (Å²) in [6, 6.07) is 18.5. The van der Waals surface area contributed by atoms with Crippen LogP contribution in [0.3, 0.4) is 0 Å². The molecule has 0 bridgehead atoms. The Hall–Kier alpha value is -2.37. The van der Waals surface area contributed by atoms with Gasteiger partial charge in [-0.05, 0) is 35.8 Å². The molecule has 3 aromatic rings. The minimum atomic E-state index is -0.233. The van der Waals surface area contributed by atoms with Gasteiger partial charge in [0.25, 0.3) is 5.91 Å². The molecule has 0 saturated heterocycles. The molecule has 3 rings (SSSR count). The van der Waals surface area contributed by atoms with Crippen molar-refractivity contribution in [3.8, 4) is 17.0 Å². The van der Waals surface area contributed by atoms with Gasteiger partial charge >= 0.3 is 0 Å². The monoisotopic (exact) mass is 344 g/mol. The van der Waals surface area contributed by atoms with Gasteiger partial charge in [0.05, 0.1) is 5.69 Å². The van der Waals surface area contributed by atoms with E-state index in [0.29, 0.717) is 15.8 Å². The first-order chi connectivity index (χ1) is 11.2. The van der Waals surface area contributed by atoms with Crippen molar-refractivity contribution >= 4 is 34.0 Å². The number of amides is 1. The largest absolute Gasteiger partial charge is 0.484 e. The molecule has 23 heavy (non-hydrogen) atoms. The van der Waals surface area contributed by atoms with Gasteiger partial charge in [-0.2, -0.15) is 4.37 Å². The van der Waals surface area contributed by atoms with E-state index in [9.17, 15) is 4.79 Å². The Morgan fingerprint density at radius 1 is 1.13 bits per heavy atom. The first-order valence-corrected chi connectivity index (χ1v) is 8.06. The lowest BCUT2D eigenvalue weighted by atomic mass is 10.2. The number of rotatable bonds is 5. The van der Waals surface area contributed by atoms with E-state index in [1.165, 1.54) is 11.5 Å². The average Bonchev–Trinajstić information content (AvgIpc) is 3.04. The van der Waals surface area contributed by atoms with Gasteiger partial charge in [0.2, 0.25) is 0 Å². The number of nitrogens with one attached hydrogen (secondary N) is 1. The number of benzene rings is 2. The van der Waals surface area contributed by atoms with Crippen molar-refractivity contribution < 1.29 is 9.53 Å². The van der Waals surface area contributed by atoms with Crippen LogP contribution in [-0.2, 0) is 4.79 Å². The molecule has 1 heterocycles. The van der Waals surface area contributed by atoms with E-state index in [4.69, 9.17) is 16.3 Å². The molecule has 0 spiro atoms. The lowest BCUT2D eigenvalue weighted by molar-refractivity contribution is -0.118. The molecule has 0 radical (unpaired) electrons. The zero-order chi connectivity index (χ0) is 16.1. The molecule has 1 N–H and O–H groups in total. The van der Waals surface area contributed by atoms with E-state index in [2.05, 4.69) is 9.69 Å². The number of carbonyl (C=O) groups excluding carboxylic acids is 1. The van der Waals surface area contributed by atoms with Crippen molar-refractivity contribution in [2.45, 2.75) is 0 Å². The van der Waals surface area contributed by atoms with Crippen molar-refractivity contribution in [3.05, 3.63) is 65.7 Å². The number of nitrogens with zero attached hydrogens (tertiary/aromatic N) is 1. The van der Waals surface area contributed by atoms with Gasteiger partial charge in [0.15, 0.2) is 6.61 Å². The SMILES string of the molecule is O=C(COc1ccc(Cl)cc1)Nc1cc(-c2ccccc2)ns1. The van der Waals surface area contributed by atoms with E-state index in [1.54, 1.807) is 24.3 Å². The highest BCUT2D eigenvalue weighted by Gasteiger charge is 2.08. The summed E-state index contributed by atoms with van der Waals surface area (Å²) in [7, 11) is 0. The van der Waals surface area contributed by atoms with Crippen LogP contribution in [-0.4, -0.2) is 16.9 Å². The smallest absolute Gasteiger partial charge is 0.262 e. The second-order valence-corrected chi connectivity index (χ2v) is 5.97. The van der Waals surface area contributed by atoms with E-state index >= 15 is 0 Å². The zero-order valence-corrected chi connectivity index (χ0v) is 13.6. The van der Waals surface area contributed by atoms with Gasteiger partial charge < -0.3 is 10.1 Å². The van der Waals surface area contributed by atoms with Crippen LogP contribution in [0, 0.1) is 0 Å². The second-order valence-electron chi connectivity index (χ2n) is 4.73. The van der Waals surface area contributed by atoms with Crippen LogP contribution in [0.15, 0.2) is 60.7 Å². The first kappa shape index (κ1) is 15.5. The lowest BCUT2D eigenvalue weighted by Gasteiger charge is -2.05. The van der Waals surface area contributed by atoms with Crippen molar-refractivity contribution in [3.63, 3.8) is 0 Å². The summed E-state index contributed by atoms with van der Waals surface area (Å²) in [6.07, 6.45) is 0. The molecule has 0 fully saturated rings. The fraction of sp³-hybridized carbons (Fsp3) is 0.0588. The topological polar surface area (TPSA) is 51.2 Å². The Morgan fingerprint density at radius 2 is 1.87 bits per heavy atom. The van der Waals surface area contributed by atoms with E-state index in [-0.39, 0.29) is 12.5 Å². The number of anilines is 1. The molecule has 0 unspecified atom stereocenters. The molecule has 0 aliphatic carbocycles. The summed E-state index contributed by atoms with van der Waals surface area (Å²) in [5.74, 6) is 0.363. The fourth-order valence-corrected chi connectivity index (χ4v) is 2.74. The molecule has 0 aliphatic rings. The number of carbonyl (C=O) groups is 1. The second kappa shape index (κ2) is 7.26. The lowest BCUT2D eigenvalue weighted by Crippen LogP contribution is -2.19. The third-order valence-electron chi connectivity index (χ3n) is 3.03. The first-order valence-electron chi connectivity index (χ1n) is 6.91. The fourth-order valence-electron chi connectivity index (χ4n) is 1.93. The molecule has 6 heteroatoms. The third-order valence-corrected chi connectivity index (χ3v) is 3.98. The van der Waals surface area contributed by atoms with Crippen LogP contribution in [0.25, 0.3) is 11.3 Å². The van der Waals surface area contributed by atoms with Crippen LogP contribution < -0.4 is 10.1 Å². The summed E-state index contributed by atoms with van der Waals surface area (Å²) in [6.45, 7) is -0.0692. The van der Waals surface area contributed by atoms with Crippen LogP contribution in [0.1, 0.15) is 0 Å². The molecular formula is C17H13ClN2O2S. The highest BCUT2D eigenvalue weighted by atomic mass is 35.5. The van der Waals surface area contributed by atoms with Gasteiger partial charge in [-0.15, -0.1) is 0 Å². The standard InChI is InChI=1S/C17H13ClN2O2S/c18-13-6-8-14(9-7-13)22-11-16(21)19-17-10-15(20-23-17)12-4-2-1-3-5-12/h1-10H,11H2,(H,19,21). The summed E-state index contributed by atoms with van der Waals surface area (Å²) in [5.41, 5.74) is 1.85. The summed E-state index contributed by atoms with van der Waals surface area (Å²) in [5, 5.41) is 4.09. The zero-order valence-electron chi connectivity index (χ0n) is 12.0. The Balaban J connectivity index is 1.56. The number of hydrogen-bond acceptors (Lipinski definition) is 4. The maximum absolute atomic E-state index is 11.9. The summed E-state index contributed by atoms with van der Waals surface area (Å²) in [4.78, 5) is 11.9. The number of aromatic nitrogens is 1. The average molecular weight is 345 g/mol. The Labute approximate surface area is 142 Å². The highest BCUT2D eigenvalue weighted by molar-refractivity contribution is 7.10. The van der Waals surface area contributed by atoms with Crippen molar-refractivity contribution in [1.29, 1.82) is 0 Å². The van der Waals surface area contributed by atoms with Crippen LogP contribution in [0.5, 0.6) is 5.75 Å².